The number of nitrogens with one attached hydrogen (secondary N) is 1. The highest BCUT2D eigenvalue weighted by Gasteiger charge is 2.55. The number of carboxylic acids is 1. The van der Waals surface area contributed by atoms with Gasteiger partial charge in [0.15, 0.2) is 5.75 Å². The minimum absolute atomic E-state index is 0.0323. The second kappa shape index (κ2) is 7.26. The maximum absolute atomic E-state index is 12.6. The van der Waals surface area contributed by atoms with Gasteiger partial charge in [-0.05, 0) is 30.9 Å². The maximum atomic E-state index is 12.6. The van der Waals surface area contributed by atoms with Crippen molar-refractivity contribution < 1.29 is 28.2 Å². The van der Waals surface area contributed by atoms with Gasteiger partial charge in [-0.1, -0.05) is 24.1 Å². The molecule has 0 unspecified atom stereocenters. The van der Waals surface area contributed by atoms with Crippen LogP contribution in [0.5, 0.6) is 5.75 Å². The number of fused-ring (bicyclic) bond motifs is 1. The Balaban J connectivity index is 1.73. The average Bonchev–Trinajstić information content (AvgIpc) is 3.12. The van der Waals surface area contributed by atoms with Gasteiger partial charge in [-0.15, -0.1) is 0 Å². The first-order valence-corrected chi connectivity index (χ1v) is 8.70. The second-order valence-corrected chi connectivity index (χ2v) is 7.09. The van der Waals surface area contributed by atoms with E-state index in [0.717, 1.165) is 12.8 Å². The number of hydrogen-bond donors (Lipinski definition) is 2. The number of carbonyl (C=O) groups excluding carboxylic acids is 1. The molecule has 0 bridgehead atoms. The highest BCUT2D eigenvalue weighted by molar-refractivity contribution is 6.32. The first-order valence-electron chi connectivity index (χ1n) is 8.32. The highest BCUT2D eigenvalue weighted by Crippen LogP contribution is 2.49. The van der Waals surface area contributed by atoms with Crippen LogP contribution in [0, 0.1) is 11.3 Å². The largest absolute Gasteiger partial charge is 0.484 e. The van der Waals surface area contributed by atoms with E-state index in [9.17, 15) is 23.5 Å². The van der Waals surface area contributed by atoms with Crippen LogP contribution in [-0.2, 0) is 4.79 Å². The number of alkyl halides is 2. The van der Waals surface area contributed by atoms with Crippen LogP contribution in [0.4, 0.5) is 19.3 Å². The molecule has 142 valence electrons. The van der Waals surface area contributed by atoms with E-state index in [1.807, 2.05) is 0 Å². The summed E-state index contributed by atoms with van der Waals surface area (Å²) in [6.45, 7) is -0.362. The van der Waals surface area contributed by atoms with Crippen LogP contribution in [0.1, 0.15) is 19.3 Å². The Labute approximate surface area is 154 Å². The lowest BCUT2D eigenvalue weighted by Crippen LogP contribution is -2.38. The summed E-state index contributed by atoms with van der Waals surface area (Å²) < 4.78 is 29.9. The van der Waals surface area contributed by atoms with Gasteiger partial charge in [-0.2, -0.15) is 0 Å². The summed E-state index contributed by atoms with van der Waals surface area (Å²) in [7, 11) is 0. The molecule has 6 nitrogen and oxygen atoms in total. The lowest BCUT2D eigenvalue weighted by molar-refractivity contribution is -0.149. The van der Waals surface area contributed by atoms with Gasteiger partial charge in [0, 0.05) is 13.1 Å². The number of carboxylic acid groups (broad SMARTS) is 1. The third kappa shape index (κ3) is 3.42. The van der Waals surface area contributed by atoms with E-state index in [-0.39, 0.29) is 28.9 Å². The number of rotatable bonds is 5. The summed E-state index contributed by atoms with van der Waals surface area (Å²) in [5.41, 5.74) is -0.717. The van der Waals surface area contributed by atoms with E-state index >= 15 is 0 Å². The molecular formula is C17H19ClF2N2O4. The molecule has 1 aliphatic carbocycles. The van der Waals surface area contributed by atoms with Crippen LogP contribution < -0.4 is 10.1 Å². The highest BCUT2D eigenvalue weighted by atomic mass is 35.5. The third-order valence-corrected chi connectivity index (χ3v) is 5.44. The van der Waals surface area contributed by atoms with Crippen LogP contribution in [0.2, 0.25) is 5.02 Å². The maximum Gasteiger partial charge on any atom is 0.321 e. The van der Waals surface area contributed by atoms with Crippen molar-refractivity contribution in [2.75, 3.05) is 25.0 Å². The Morgan fingerprint density at radius 2 is 2.23 bits per heavy atom. The van der Waals surface area contributed by atoms with Crippen molar-refractivity contribution in [2.45, 2.75) is 25.7 Å². The predicted molar refractivity (Wildman–Crippen MR) is 91.0 cm³/mol. The molecule has 2 atom stereocenters. The summed E-state index contributed by atoms with van der Waals surface area (Å²) in [5, 5.41) is 12.3. The molecule has 2 amide bonds. The molecule has 0 aromatic heterocycles. The standard InChI is InChI=1S/C17H19ClF2N2O4/c18-11-4-1-5-12(14(11)26-8-13(19)20)21-16(25)22-7-10-3-2-6-17(10,9-22)15(23)24/h1,4-5,10,13H,2-3,6-9H2,(H,21,25)(H,23,24)/t10-,17+/m0/s1. The lowest BCUT2D eigenvalue weighted by Gasteiger charge is -2.23. The first kappa shape index (κ1) is 18.7. The van der Waals surface area contributed by atoms with E-state index < -0.39 is 30.4 Å². The minimum atomic E-state index is -2.68. The predicted octanol–water partition coefficient (Wildman–Crippen LogP) is 3.70. The Morgan fingerprint density at radius 1 is 1.46 bits per heavy atom. The number of halogens is 3. The second-order valence-electron chi connectivity index (χ2n) is 6.68. The van der Waals surface area contributed by atoms with Gasteiger partial charge >= 0.3 is 12.0 Å². The number of anilines is 1. The van der Waals surface area contributed by atoms with Crippen molar-refractivity contribution >= 4 is 29.3 Å². The number of ether oxygens (including phenoxy) is 1. The summed E-state index contributed by atoms with van der Waals surface area (Å²) in [4.78, 5) is 25.8. The van der Waals surface area contributed by atoms with E-state index in [4.69, 9.17) is 16.3 Å². The molecule has 2 N–H and O–H groups in total. The van der Waals surface area contributed by atoms with Crippen LogP contribution in [0.3, 0.4) is 0 Å². The molecule has 0 spiro atoms. The molecule has 1 aliphatic heterocycles. The van der Waals surface area contributed by atoms with E-state index in [2.05, 4.69) is 5.32 Å². The van der Waals surface area contributed by atoms with Crippen LogP contribution in [-0.4, -0.2) is 48.1 Å². The Kier molecular flexibility index (Phi) is 5.22. The number of hydrogen-bond acceptors (Lipinski definition) is 3. The lowest BCUT2D eigenvalue weighted by atomic mass is 9.81. The van der Waals surface area contributed by atoms with Gasteiger partial charge in [0.25, 0.3) is 6.43 Å². The van der Waals surface area contributed by atoms with Gasteiger partial charge in [0.05, 0.1) is 16.1 Å². The van der Waals surface area contributed by atoms with E-state index in [0.29, 0.717) is 13.0 Å². The van der Waals surface area contributed by atoms with Crippen molar-refractivity contribution in [1.82, 2.24) is 4.90 Å². The smallest absolute Gasteiger partial charge is 0.321 e. The number of benzene rings is 1. The van der Waals surface area contributed by atoms with E-state index in [1.165, 1.54) is 17.0 Å². The van der Waals surface area contributed by atoms with Crippen LogP contribution >= 0.6 is 11.6 Å². The molecule has 1 heterocycles. The molecule has 1 aromatic carbocycles. The van der Waals surface area contributed by atoms with Crippen LogP contribution in [0.15, 0.2) is 18.2 Å². The molecule has 1 saturated carbocycles. The third-order valence-electron chi connectivity index (χ3n) is 5.15. The molecule has 9 heteroatoms. The van der Waals surface area contributed by atoms with Gasteiger partial charge < -0.3 is 20.1 Å². The van der Waals surface area contributed by atoms with Crippen molar-refractivity contribution in [3.05, 3.63) is 23.2 Å². The number of urea groups is 1. The molecular weight excluding hydrogens is 370 g/mol. The van der Waals surface area contributed by atoms with Crippen molar-refractivity contribution in [2.24, 2.45) is 11.3 Å². The number of para-hydroxylation sites is 1. The van der Waals surface area contributed by atoms with Gasteiger partial charge in [-0.3, -0.25) is 4.79 Å². The molecule has 1 aromatic rings. The molecule has 2 aliphatic rings. The number of nitrogens with zero attached hydrogens (tertiary/aromatic N) is 1. The fourth-order valence-electron chi connectivity index (χ4n) is 3.89. The summed E-state index contributed by atoms with van der Waals surface area (Å²) in [6.07, 6.45) is -0.512. The molecule has 3 rings (SSSR count). The van der Waals surface area contributed by atoms with Gasteiger partial charge in [-0.25, -0.2) is 13.6 Å². The summed E-state index contributed by atoms with van der Waals surface area (Å²) >= 11 is 5.99. The zero-order chi connectivity index (χ0) is 18.9. The van der Waals surface area contributed by atoms with Gasteiger partial charge in [0.1, 0.15) is 6.61 Å². The summed E-state index contributed by atoms with van der Waals surface area (Å²) in [6, 6.07) is 4.03. The number of amides is 2. The zero-order valence-corrected chi connectivity index (χ0v) is 14.6. The minimum Gasteiger partial charge on any atom is -0.484 e. The molecule has 0 radical (unpaired) electrons. The Bertz CT molecular complexity index is 718. The van der Waals surface area contributed by atoms with Crippen molar-refractivity contribution in [3.63, 3.8) is 0 Å². The fourth-order valence-corrected chi connectivity index (χ4v) is 4.12. The van der Waals surface area contributed by atoms with Gasteiger partial charge in [0.2, 0.25) is 0 Å². The Morgan fingerprint density at radius 3 is 2.88 bits per heavy atom. The van der Waals surface area contributed by atoms with Crippen molar-refractivity contribution in [1.29, 1.82) is 0 Å². The average molecular weight is 389 g/mol. The monoisotopic (exact) mass is 388 g/mol. The number of aliphatic carboxylic acids is 1. The molecule has 1 saturated heterocycles. The SMILES string of the molecule is O=C(Nc1cccc(Cl)c1OCC(F)F)N1C[C@@H]2CCC[C@@]2(C(=O)O)C1. The Hall–Kier alpha value is -2.09. The van der Waals surface area contributed by atoms with E-state index in [1.54, 1.807) is 6.07 Å². The molecule has 2 fully saturated rings. The number of likely N-dealkylation sites (tertiary alicyclic amines) is 1. The number of carbonyl (C=O) groups is 2. The zero-order valence-electron chi connectivity index (χ0n) is 13.9. The quantitative estimate of drug-likeness (QED) is 0.806. The fraction of sp³-hybridized carbons (Fsp3) is 0.529. The van der Waals surface area contributed by atoms with Crippen molar-refractivity contribution in [3.8, 4) is 5.75 Å². The summed E-state index contributed by atoms with van der Waals surface area (Å²) in [5.74, 6) is -0.978. The normalized spacial score (nSPS) is 24.6. The topological polar surface area (TPSA) is 78.9 Å². The van der Waals surface area contributed by atoms with Crippen LogP contribution in [0.25, 0.3) is 0 Å². The first-order chi connectivity index (χ1) is 12.3. The molecule has 26 heavy (non-hydrogen) atoms.